The number of aryl methyl sites for hydroxylation is 1. The Morgan fingerprint density at radius 2 is 1.93 bits per heavy atom. The molecule has 0 aliphatic heterocycles. The molecule has 0 aliphatic carbocycles. The average molecular weight is 214 g/mol. The minimum Gasteiger partial charge on any atom is -0.351 e. The predicted molar refractivity (Wildman–Crippen MR) is 59.7 cm³/mol. The molecule has 0 fully saturated rings. The molecule has 2 atom stereocenters. The summed E-state index contributed by atoms with van der Waals surface area (Å²) in [4.78, 5) is 8.34. The lowest BCUT2D eigenvalue weighted by Gasteiger charge is -2.18. The summed E-state index contributed by atoms with van der Waals surface area (Å²) in [5, 5.41) is 3.21. The van der Waals surface area contributed by atoms with E-state index in [1.807, 2.05) is 6.92 Å². The van der Waals surface area contributed by atoms with Gasteiger partial charge in [0, 0.05) is 24.3 Å². The molecule has 0 amide bonds. The van der Waals surface area contributed by atoms with Gasteiger partial charge in [-0.2, -0.15) is 0 Å². The molecule has 0 saturated heterocycles. The average Bonchev–Trinajstić information content (AvgIpc) is 2.20. The van der Waals surface area contributed by atoms with Crippen LogP contribution in [0.25, 0.3) is 0 Å². The first-order valence-electron chi connectivity index (χ1n) is 4.74. The summed E-state index contributed by atoms with van der Waals surface area (Å²) in [6, 6.07) is 0.287. The Labute approximate surface area is 89.9 Å². The summed E-state index contributed by atoms with van der Waals surface area (Å²) in [6.07, 6.45) is 3.60. The number of aromatic nitrogens is 2. The van der Waals surface area contributed by atoms with E-state index in [1.54, 1.807) is 12.4 Å². The highest BCUT2D eigenvalue weighted by molar-refractivity contribution is 6.18. The van der Waals surface area contributed by atoms with Gasteiger partial charge in [0.15, 0.2) is 0 Å². The van der Waals surface area contributed by atoms with E-state index >= 15 is 0 Å². The SMILES string of the molecule is Cc1cnc(NC(C)C(C)CCl)nc1. The summed E-state index contributed by atoms with van der Waals surface area (Å²) in [5.41, 5.74) is 1.06. The van der Waals surface area contributed by atoms with Crippen molar-refractivity contribution in [2.24, 2.45) is 5.92 Å². The largest absolute Gasteiger partial charge is 0.351 e. The molecular weight excluding hydrogens is 198 g/mol. The fourth-order valence-electron chi connectivity index (χ4n) is 0.947. The van der Waals surface area contributed by atoms with Gasteiger partial charge in [-0.15, -0.1) is 11.6 Å². The van der Waals surface area contributed by atoms with Crippen LogP contribution >= 0.6 is 11.6 Å². The second-order valence-corrected chi connectivity index (χ2v) is 3.96. The molecule has 0 aliphatic rings. The normalized spacial score (nSPS) is 14.9. The standard InChI is InChI=1S/C10H16ClN3/c1-7-5-12-10(13-6-7)14-9(3)8(2)4-11/h5-6,8-9H,4H2,1-3H3,(H,12,13,14). The van der Waals surface area contributed by atoms with Crippen molar-refractivity contribution in [3.8, 4) is 0 Å². The number of nitrogens with zero attached hydrogens (tertiary/aromatic N) is 2. The van der Waals surface area contributed by atoms with Crippen molar-refractivity contribution in [3.63, 3.8) is 0 Å². The lowest BCUT2D eigenvalue weighted by molar-refractivity contribution is 0.562. The van der Waals surface area contributed by atoms with Gasteiger partial charge >= 0.3 is 0 Å². The number of rotatable bonds is 4. The maximum Gasteiger partial charge on any atom is 0.222 e. The fraction of sp³-hybridized carbons (Fsp3) is 0.600. The van der Waals surface area contributed by atoms with Gasteiger partial charge in [-0.3, -0.25) is 0 Å². The summed E-state index contributed by atoms with van der Waals surface area (Å²) in [6.45, 7) is 6.14. The van der Waals surface area contributed by atoms with E-state index in [-0.39, 0.29) is 6.04 Å². The topological polar surface area (TPSA) is 37.8 Å². The Bertz CT molecular complexity index is 273. The van der Waals surface area contributed by atoms with Crippen LogP contribution in [-0.4, -0.2) is 21.9 Å². The molecule has 3 nitrogen and oxygen atoms in total. The van der Waals surface area contributed by atoms with Crippen molar-refractivity contribution < 1.29 is 0 Å². The molecule has 2 unspecified atom stereocenters. The van der Waals surface area contributed by atoms with Crippen molar-refractivity contribution in [3.05, 3.63) is 18.0 Å². The van der Waals surface area contributed by atoms with Crippen LogP contribution in [0.2, 0.25) is 0 Å². The highest BCUT2D eigenvalue weighted by Crippen LogP contribution is 2.09. The quantitative estimate of drug-likeness (QED) is 0.781. The van der Waals surface area contributed by atoms with Gasteiger partial charge in [-0.25, -0.2) is 9.97 Å². The summed E-state index contributed by atoms with van der Waals surface area (Å²) in [7, 11) is 0. The van der Waals surface area contributed by atoms with Crippen LogP contribution in [0.4, 0.5) is 5.95 Å². The van der Waals surface area contributed by atoms with Crippen LogP contribution in [0.1, 0.15) is 19.4 Å². The minimum atomic E-state index is 0.287. The second kappa shape index (κ2) is 5.15. The highest BCUT2D eigenvalue weighted by Gasteiger charge is 2.11. The third-order valence-electron chi connectivity index (χ3n) is 2.23. The van der Waals surface area contributed by atoms with Crippen molar-refractivity contribution in [1.29, 1.82) is 0 Å². The minimum absolute atomic E-state index is 0.287. The molecule has 0 bridgehead atoms. The highest BCUT2D eigenvalue weighted by atomic mass is 35.5. The van der Waals surface area contributed by atoms with E-state index in [0.717, 1.165) is 5.56 Å². The zero-order valence-electron chi connectivity index (χ0n) is 8.79. The van der Waals surface area contributed by atoms with E-state index in [9.17, 15) is 0 Å². The first kappa shape index (κ1) is 11.2. The number of alkyl halides is 1. The Morgan fingerprint density at radius 3 is 2.43 bits per heavy atom. The van der Waals surface area contributed by atoms with E-state index in [2.05, 4.69) is 29.1 Å². The van der Waals surface area contributed by atoms with Crippen LogP contribution < -0.4 is 5.32 Å². The maximum absolute atomic E-state index is 5.76. The number of hydrogen-bond donors (Lipinski definition) is 1. The molecule has 1 aromatic heterocycles. The molecule has 1 rings (SSSR count). The molecule has 0 saturated carbocycles. The lowest BCUT2D eigenvalue weighted by Crippen LogP contribution is -2.25. The second-order valence-electron chi connectivity index (χ2n) is 3.65. The zero-order chi connectivity index (χ0) is 10.6. The molecule has 1 heterocycles. The van der Waals surface area contributed by atoms with E-state index < -0.39 is 0 Å². The van der Waals surface area contributed by atoms with Gasteiger partial charge in [-0.05, 0) is 25.3 Å². The van der Waals surface area contributed by atoms with E-state index in [1.165, 1.54) is 0 Å². The fourth-order valence-corrected chi connectivity index (χ4v) is 1.21. The Hall–Kier alpha value is -0.830. The molecule has 0 radical (unpaired) electrons. The van der Waals surface area contributed by atoms with Crippen molar-refractivity contribution in [2.45, 2.75) is 26.8 Å². The van der Waals surface area contributed by atoms with Crippen LogP contribution in [-0.2, 0) is 0 Å². The van der Waals surface area contributed by atoms with E-state index in [0.29, 0.717) is 17.7 Å². The number of hydrogen-bond acceptors (Lipinski definition) is 3. The van der Waals surface area contributed by atoms with Gasteiger partial charge < -0.3 is 5.32 Å². The molecule has 4 heteroatoms. The van der Waals surface area contributed by atoms with Gasteiger partial charge in [0.1, 0.15) is 0 Å². The molecule has 0 spiro atoms. The first-order valence-corrected chi connectivity index (χ1v) is 5.28. The first-order chi connectivity index (χ1) is 6.63. The lowest BCUT2D eigenvalue weighted by atomic mass is 10.1. The van der Waals surface area contributed by atoms with Crippen LogP contribution in [0, 0.1) is 12.8 Å². The summed E-state index contributed by atoms with van der Waals surface area (Å²) < 4.78 is 0. The predicted octanol–water partition coefficient (Wildman–Crippen LogP) is 2.46. The number of nitrogens with one attached hydrogen (secondary N) is 1. The van der Waals surface area contributed by atoms with Crippen molar-refractivity contribution in [1.82, 2.24) is 9.97 Å². The van der Waals surface area contributed by atoms with Gasteiger partial charge in [0.05, 0.1) is 0 Å². The van der Waals surface area contributed by atoms with Crippen LogP contribution in [0.15, 0.2) is 12.4 Å². The zero-order valence-corrected chi connectivity index (χ0v) is 9.54. The van der Waals surface area contributed by atoms with Gasteiger partial charge in [-0.1, -0.05) is 6.92 Å². The third kappa shape index (κ3) is 3.14. The molecule has 14 heavy (non-hydrogen) atoms. The van der Waals surface area contributed by atoms with Gasteiger partial charge in [0.25, 0.3) is 0 Å². The van der Waals surface area contributed by atoms with Crippen LogP contribution in [0.3, 0.4) is 0 Å². The molecule has 1 aromatic rings. The summed E-state index contributed by atoms with van der Waals surface area (Å²) in [5.74, 6) is 1.71. The molecule has 78 valence electrons. The molecular formula is C10H16ClN3. The number of halogens is 1. The maximum atomic E-state index is 5.76. The van der Waals surface area contributed by atoms with Gasteiger partial charge in [0.2, 0.25) is 5.95 Å². The third-order valence-corrected chi connectivity index (χ3v) is 2.72. The molecule has 0 aromatic carbocycles. The van der Waals surface area contributed by atoms with Crippen LogP contribution in [0.5, 0.6) is 0 Å². The summed E-state index contributed by atoms with van der Waals surface area (Å²) >= 11 is 5.76. The number of anilines is 1. The smallest absolute Gasteiger partial charge is 0.222 e. The monoisotopic (exact) mass is 213 g/mol. The Balaban J connectivity index is 2.56. The van der Waals surface area contributed by atoms with Crippen molar-refractivity contribution >= 4 is 17.5 Å². The Kier molecular flexibility index (Phi) is 4.14. The van der Waals surface area contributed by atoms with E-state index in [4.69, 9.17) is 11.6 Å². The Morgan fingerprint density at radius 1 is 1.36 bits per heavy atom. The van der Waals surface area contributed by atoms with Crippen molar-refractivity contribution in [2.75, 3.05) is 11.2 Å². The molecule has 1 N–H and O–H groups in total.